The summed E-state index contributed by atoms with van der Waals surface area (Å²) in [4.78, 5) is 0. The summed E-state index contributed by atoms with van der Waals surface area (Å²) in [7, 11) is -2.88. The van der Waals surface area contributed by atoms with Crippen LogP contribution in [0.1, 0.15) is 12.0 Å². The van der Waals surface area contributed by atoms with Crippen LogP contribution in [0.4, 0.5) is 0 Å². The van der Waals surface area contributed by atoms with Gasteiger partial charge in [0.05, 0.1) is 11.5 Å². The zero-order valence-electron chi connectivity index (χ0n) is 11.2. The van der Waals surface area contributed by atoms with Crippen molar-refractivity contribution in [3.8, 4) is 0 Å². The molecule has 1 fully saturated rings. The first-order valence-corrected chi connectivity index (χ1v) is 9.55. The maximum Gasteiger partial charge on any atom is 0.150 e. The molecule has 0 bridgehead atoms. The minimum absolute atomic E-state index is 0.0466. The molecule has 0 aliphatic carbocycles. The Bertz CT molecular complexity index is 703. The van der Waals surface area contributed by atoms with Crippen LogP contribution in [0, 0.1) is 11.8 Å². The van der Waals surface area contributed by atoms with E-state index >= 15 is 0 Å². The van der Waals surface area contributed by atoms with E-state index in [-0.39, 0.29) is 29.9 Å². The average Bonchev–Trinajstić information content (AvgIpc) is 2.99. The third-order valence-corrected chi connectivity index (χ3v) is 7.02. The quantitative estimate of drug-likeness (QED) is 0.944. The second-order valence-corrected chi connectivity index (χ2v) is 8.71. The van der Waals surface area contributed by atoms with E-state index in [1.54, 1.807) is 11.3 Å². The number of sulfone groups is 1. The van der Waals surface area contributed by atoms with Crippen molar-refractivity contribution in [2.24, 2.45) is 11.8 Å². The van der Waals surface area contributed by atoms with Gasteiger partial charge >= 0.3 is 0 Å². The summed E-state index contributed by atoms with van der Waals surface area (Å²) in [6.45, 7) is 0.0599. The number of thiophene rings is 1. The molecule has 1 N–H and O–H groups in total. The number of fused-ring (bicyclic) bond motifs is 1. The Balaban J connectivity index is 1.82. The molecular formula is C15H18O3S2. The topological polar surface area (TPSA) is 54.4 Å². The predicted octanol–water partition coefficient (Wildman–Crippen LogP) is 2.49. The fraction of sp³-hybridized carbons (Fsp3) is 0.467. The summed E-state index contributed by atoms with van der Waals surface area (Å²) in [6.07, 6.45) is 1.45. The smallest absolute Gasteiger partial charge is 0.150 e. The first-order valence-electron chi connectivity index (χ1n) is 6.85. The molecule has 0 spiro atoms. The Morgan fingerprint density at radius 3 is 2.85 bits per heavy atom. The van der Waals surface area contributed by atoms with Gasteiger partial charge in [-0.3, -0.25) is 0 Å². The second kappa shape index (κ2) is 5.47. The molecule has 1 aromatic carbocycles. The Morgan fingerprint density at radius 2 is 2.15 bits per heavy atom. The second-order valence-electron chi connectivity index (χ2n) is 5.57. The normalized spacial score (nSPS) is 23.1. The van der Waals surface area contributed by atoms with Crippen LogP contribution in [0.5, 0.6) is 0 Å². The van der Waals surface area contributed by atoms with Gasteiger partial charge in [0.15, 0.2) is 9.84 Å². The van der Waals surface area contributed by atoms with Crippen LogP contribution >= 0.6 is 11.3 Å². The largest absolute Gasteiger partial charge is 0.396 e. The van der Waals surface area contributed by atoms with E-state index in [2.05, 4.69) is 17.5 Å². The molecule has 2 aromatic rings. The molecule has 20 heavy (non-hydrogen) atoms. The lowest BCUT2D eigenvalue weighted by Gasteiger charge is -2.19. The van der Waals surface area contributed by atoms with E-state index in [4.69, 9.17) is 0 Å². The summed E-state index contributed by atoms with van der Waals surface area (Å²) in [5.41, 5.74) is 1.23. The van der Waals surface area contributed by atoms with Crippen LogP contribution in [-0.2, 0) is 16.3 Å². The van der Waals surface area contributed by atoms with Crippen molar-refractivity contribution in [2.45, 2.75) is 12.8 Å². The van der Waals surface area contributed by atoms with Crippen molar-refractivity contribution in [1.29, 1.82) is 0 Å². The van der Waals surface area contributed by atoms with Gasteiger partial charge in [0, 0.05) is 11.3 Å². The van der Waals surface area contributed by atoms with Crippen molar-refractivity contribution in [3.05, 3.63) is 35.2 Å². The molecular weight excluding hydrogens is 292 g/mol. The van der Waals surface area contributed by atoms with Crippen molar-refractivity contribution < 1.29 is 13.5 Å². The number of aliphatic hydroxyl groups is 1. The van der Waals surface area contributed by atoms with Gasteiger partial charge in [0.1, 0.15) is 0 Å². The number of rotatable bonds is 4. The fourth-order valence-corrected chi connectivity index (χ4v) is 5.94. The SMILES string of the molecule is O=S1(=O)CCC(C(CO)Cc2csc3ccccc23)C1. The maximum absolute atomic E-state index is 11.6. The van der Waals surface area contributed by atoms with E-state index in [0.717, 1.165) is 6.42 Å². The Kier molecular flexibility index (Phi) is 3.84. The van der Waals surface area contributed by atoms with Gasteiger partial charge in [-0.25, -0.2) is 8.42 Å². The van der Waals surface area contributed by atoms with Crippen molar-refractivity contribution in [2.75, 3.05) is 18.1 Å². The zero-order valence-corrected chi connectivity index (χ0v) is 12.8. The molecule has 2 unspecified atom stereocenters. The van der Waals surface area contributed by atoms with Crippen LogP contribution in [0.15, 0.2) is 29.6 Å². The molecule has 3 nitrogen and oxygen atoms in total. The van der Waals surface area contributed by atoms with Crippen LogP contribution < -0.4 is 0 Å². The summed E-state index contributed by atoms with van der Waals surface area (Å²) in [5.74, 6) is 0.660. The summed E-state index contributed by atoms with van der Waals surface area (Å²) >= 11 is 1.71. The lowest BCUT2D eigenvalue weighted by Crippen LogP contribution is -2.22. The molecule has 108 valence electrons. The first kappa shape index (κ1) is 14.0. The molecule has 0 radical (unpaired) electrons. The van der Waals surface area contributed by atoms with Gasteiger partial charge in [-0.05, 0) is 47.1 Å². The van der Waals surface area contributed by atoms with Gasteiger partial charge in [-0.1, -0.05) is 18.2 Å². The third kappa shape index (κ3) is 2.75. The van der Waals surface area contributed by atoms with Crippen LogP contribution in [0.25, 0.3) is 10.1 Å². The summed E-state index contributed by atoms with van der Waals surface area (Å²) in [5, 5.41) is 13.0. The van der Waals surface area contributed by atoms with Crippen LogP contribution in [0.2, 0.25) is 0 Å². The van der Waals surface area contributed by atoms with Crippen molar-refractivity contribution in [3.63, 3.8) is 0 Å². The van der Waals surface area contributed by atoms with Crippen LogP contribution in [-0.4, -0.2) is 31.6 Å². The van der Waals surface area contributed by atoms with Gasteiger partial charge in [0.25, 0.3) is 0 Å². The Hall–Kier alpha value is -0.910. The van der Waals surface area contributed by atoms with E-state index in [1.807, 2.05) is 12.1 Å². The molecule has 2 atom stereocenters. The Morgan fingerprint density at radius 1 is 1.35 bits per heavy atom. The molecule has 1 aliphatic rings. The summed E-state index contributed by atoms with van der Waals surface area (Å²) < 4.78 is 24.4. The molecule has 5 heteroatoms. The fourth-order valence-electron chi connectivity index (χ4n) is 3.05. The lowest BCUT2D eigenvalue weighted by atomic mass is 9.87. The highest BCUT2D eigenvalue weighted by atomic mass is 32.2. The Labute approximate surface area is 123 Å². The molecule has 2 heterocycles. The van der Waals surface area contributed by atoms with Gasteiger partial charge in [-0.2, -0.15) is 0 Å². The molecule has 3 rings (SSSR count). The molecule has 0 saturated carbocycles. The van der Waals surface area contributed by atoms with Gasteiger partial charge < -0.3 is 5.11 Å². The van der Waals surface area contributed by atoms with E-state index in [9.17, 15) is 13.5 Å². The van der Waals surface area contributed by atoms with Gasteiger partial charge in [-0.15, -0.1) is 11.3 Å². The monoisotopic (exact) mass is 310 g/mol. The minimum Gasteiger partial charge on any atom is -0.396 e. The minimum atomic E-state index is -2.88. The average molecular weight is 310 g/mol. The summed E-state index contributed by atoms with van der Waals surface area (Å²) in [6, 6.07) is 8.24. The maximum atomic E-state index is 11.6. The lowest BCUT2D eigenvalue weighted by molar-refractivity contribution is 0.184. The highest BCUT2D eigenvalue weighted by Gasteiger charge is 2.33. The third-order valence-electron chi connectivity index (χ3n) is 4.21. The van der Waals surface area contributed by atoms with Crippen LogP contribution in [0.3, 0.4) is 0 Å². The molecule has 0 amide bonds. The molecule has 1 saturated heterocycles. The zero-order chi connectivity index (χ0) is 14.2. The standard InChI is InChI=1S/C15H18O3S2/c16-8-12(11-5-6-20(17,18)10-11)7-13-9-19-15-4-2-1-3-14(13)15/h1-4,9,11-12,16H,5-8,10H2. The van der Waals surface area contributed by atoms with E-state index in [0.29, 0.717) is 6.42 Å². The van der Waals surface area contributed by atoms with E-state index in [1.165, 1.54) is 15.6 Å². The van der Waals surface area contributed by atoms with Crippen molar-refractivity contribution in [1.82, 2.24) is 0 Å². The number of hydrogen-bond acceptors (Lipinski definition) is 4. The molecule has 1 aromatic heterocycles. The highest BCUT2D eigenvalue weighted by Crippen LogP contribution is 2.32. The van der Waals surface area contributed by atoms with Gasteiger partial charge in [0.2, 0.25) is 0 Å². The number of benzene rings is 1. The highest BCUT2D eigenvalue weighted by molar-refractivity contribution is 7.91. The number of hydrogen-bond donors (Lipinski definition) is 1. The predicted molar refractivity (Wildman–Crippen MR) is 82.9 cm³/mol. The first-order chi connectivity index (χ1) is 9.59. The van der Waals surface area contributed by atoms with Crippen molar-refractivity contribution >= 4 is 31.3 Å². The number of aliphatic hydroxyl groups excluding tert-OH is 1. The molecule has 1 aliphatic heterocycles. The van der Waals surface area contributed by atoms with E-state index < -0.39 is 9.84 Å².